The van der Waals surface area contributed by atoms with Crippen molar-refractivity contribution in [3.63, 3.8) is 0 Å². The van der Waals surface area contributed by atoms with E-state index in [1.807, 2.05) is 12.3 Å². The summed E-state index contributed by atoms with van der Waals surface area (Å²) in [5, 5.41) is 9.56. The second-order valence-corrected chi connectivity index (χ2v) is 8.48. The second kappa shape index (κ2) is 7.70. The van der Waals surface area contributed by atoms with E-state index in [1.165, 1.54) is 11.3 Å². The van der Waals surface area contributed by atoms with Gasteiger partial charge in [-0.3, -0.25) is 9.59 Å². The number of thiazole rings is 1. The standard InChI is InChI=1S/C20H17Cl2N3O2S/c1-10-16(19(27)25-14-9-11(21)5-6-12(14)22)18(20-23-7-8-28-20)17-13(24-10)3-2-4-15(17)26/h5-9,18,24H,2-4H2,1H3,(H,25,27). The zero-order valence-electron chi connectivity index (χ0n) is 15.0. The SMILES string of the molecule is CC1=C(C(=O)Nc2cc(Cl)ccc2Cl)C(c2nccs2)C2=C(CCCC2=O)N1. The molecule has 2 heterocycles. The number of hydrogen-bond acceptors (Lipinski definition) is 5. The van der Waals surface area contributed by atoms with Crippen LogP contribution in [0.1, 0.15) is 37.1 Å². The molecule has 1 unspecified atom stereocenters. The molecule has 1 aliphatic carbocycles. The van der Waals surface area contributed by atoms with E-state index in [-0.39, 0.29) is 11.7 Å². The lowest BCUT2D eigenvalue weighted by atomic mass is 9.78. The van der Waals surface area contributed by atoms with Gasteiger partial charge in [-0.05, 0) is 38.0 Å². The number of amides is 1. The fourth-order valence-corrected chi connectivity index (χ4v) is 4.78. The van der Waals surface area contributed by atoms with E-state index in [2.05, 4.69) is 15.6 Å². The van der Waals surface area contributed by atoms with Crippen LogP contribution in [0.2, 0.25) is 10.0 Å². The maximum Gasteiger partial charge on any atom is 0.254 e. The van der Waals surface area contributed by atoms with Crippen LogP contribution in [-0.2, 0) is 9.59 Å². The number of halogens is 2. The summed E-state index contributed by atoms with van der Waals surface area (Å²) in [5.41, 5.74) is 3.15. The Balaban J connectivity index is 1.76. The molecule has 5 nitrogen and oxygen atoms in total. The number of carbonyl (C=O) groups excluding carboxylic acids is 2. The Kier molecular flexibility index (Phi) is 5.27. The molecule has 8 heteroatoms. The summed E-state index contributed by atoms with van der Waals surface area (Å²) in [4.78, 5) is 30.4. The topological polar surface area (TPSA) is 71.1 Å². The van der Waals surface area contributed by atoms with Gasteiger partial charge in [0.15, 0.2) is 5.78 Å². The summed E-state index contributed by atoms with van der Waals surface area (Å²) in [7, 11) is 0. The summed E-state index contributed by atoms with van der Waals surface area (Å²) in [6, 6.07) is 4.88. The van der Waals surface area contributed by atoms with Crippen LogP contribution in [0.5, 0.6) is 0 Å². The number of aromatic nitrogens is 1. The predicted octanol–water partition coefficient (Wildman–Crippen LogP) is 5.06. The summed E-state index contributed by atoms with van der Waals surface area (Å²) < 4.78 is 0. The van der Waals surface area contributed by atoms with Crippen molar-refractivity contribution in [2.45, 2.75) is 32.1 Å². The van der Waals surface area contributed by atoms with E-state index in [0.29, 0.717) is 39.0 Å². The molecule has 0 fully saturated rings. The minimum atomic E-state index is -0.484. The molecule has 0 bridgehead atoms. The predicted molar refractivity (Wildman–Crippen MR) is 112 cm³/mol. The second-order valence-electron chi connectivity index (χ2n) is 6.71. The molecule has 1 atom stereocenters. The van der Waals surface area contributed by atoms with Crippen LogP contribution in [-0.4, -0.2) is 16.7 Å². The van der Waals surface area contributed by atoms with Gasteiger partial charge in [-0.1, -0.05) is 23.2 Å². The van der Waals surface area contributed by atoms with E-state index in [4.69, 9.17) is 23.2 Å². The molecule has 28 heavy (non-hydrogen) atoms. The summed E-state index contributed by atoms with van der Waals surface area (Å²) in [6.45, 7) is 1.85. The molecular weight excluding hydrogens is 417 g/mol. The van der Waals surface area contributed by atoms with Gasteiger partial charge in [0.25, 0.3) is 5.91 Å². The molecular formula is C20H17Cl2N3O2S. The van der Waals surface area contributed by atoms with Crippen LogP contribution in [0.3, 0.4) is 0 Å². The fraction of sp³-hybridized carbons (Fsp3) is 0.250. The first-order valence-corrected chi connectivity index (χ1v) is 10.5. The smallest absolute Gasteiger partial charge is 0.254 e. The minimum Gasteiger partial charge on any atom is -0.362 e. The van der Waals surface area contributed by atoms with E-state index in [9.17, 15) is 9.59 Å². The molecule has 2 aromatic rings. The largest absolute Gasteiger partial charge is 0.362 e. The fourth-order valence-electron chi connectivity index (χ4n) is 3.69. The Bertz CT molecular complexity index is 1030. The average Bonchev–Trinajstić information content (AvgIpc) is 3.18. The Morgan fingerprint density at radius 2 is 2.14 bits per heavy atom. The lowest BCUT2D eigenvalue weighted by Crippen LogP contribution is -2.35. The molecule has 4 rings (SSSR count). The molecule has 1 aromatic carbocycles. The molecule has 1 aliphatic heterocycles. The third kappa shape index (κ3) is 3.48. The number of benzene rings is 1. The number of nitrogens with zero attached hydrogens (tertiary/aromatic N) is 1. The summed E-state index contributed by atoms with van der Waals surface area (Å²) >= 11 is 13.7. The first kappa shape index (κ1) is 19.2. The summed E-state index contributed by atoms with van der Waals surface area (Å²) in [6.07, 6.45) is 3.77. The highest BCUT2D eigenvalue weighted by molar-refractivity contribution is 7.09. The highest BCUT2D eigenvalue weighted by Crippen LogP contribution is 2.43. The molecule has 144 valence electrons. The van der Waals surface area contributed by atoms with Crippen molar-refractivity contribution < 1.29 is 9.59 Å². The van der Waals surface area contributed by atoms with Crippen molar-refractivity contribution >= 4 is 51.9 Å². The minimum absolute atomic E-state index is 0.0625. The van der Waals surface area contributed by atoms with E-state index in [0.717, 1.165) is 23.5 Å². The molecule has 1 aromatic heterocycles. The van der Waals surface area contributed by atoms with Gasteiger partial charge in [0.05, 0.1) is 22.2 Å². The van der Waals surface area contributed by atoms with Gasteiger partial charge in [0.1, 0.15) is 5.01 Å². The van der Waals surface area contributed by atoms with Crippen LogP contribution in [0.4, 0.5) is 5.69 Å². The monoisotopic (exact) mass is 433 g/mol. The van der Waals surface area contributed by atoms with Crippen molar-refractivity contribution in [1.29, 1.82) is 0 Å². The lowest BCUT2D eigenvalue weighted by molar-refractivity contribution is -0.116. The number of carbonyl (C=O) groups is 2. The van der Waals surface area contributed by atoms with Crippen molar-refractivity contribution in [1.82, 2.24) is 10.3 Å². The number of dihydropyridines is 1. The highest BCUT2D eigenvalue weighted by atomic mass is 35.5. The molecule has 1 amide bonds. The van der Waals surface area contributed by atoms with Crippen LogP contribution in [0.15, 0.2) is 52.3 Å². The van der Waals surface area contributed by atoms with Gasteiger partial charge in [0.2, 0.25) is 0 Å². The number of rotatable bonds is 3. The Labute approximate surface area is 176 Å². The highest BCUT2D eigenvalue weighted by Gasteiger charge is 2.39. The Hall–Kier alpha value is -2.15. The van der Waals surface area contributed by atoms with Crippen molar-refractivity contribution in [2.75, 3.05) is 5.32 Å². The molecule has 2 aliphatic rings. The van der Waals surface area contributed by atoms with Crippen molar-refractivity contribution in [2.24, 2.45) is 0 Å². The molecule has 0 spiro atoms. The first-order valence-electron chi connectivity index (χ1n) is 8.85. The number of nitrogens with one attached hydrogen (secondary N) is 2. The molecule has 0 saturated heterocycles. The molecule has 2 N–H and O–H groups in total. The van der Waals surface area contributed by atoms with E-state index >= 15 is 0 Å². The molecule has 0 radical (unpaired) electrons. The Morgan fingerprint density at radius 1 is 1.32 bits per heavy atom. The number of allylic oxidation sites excluding steroid dienone is 3. The van der Waals surface area contributed by atoms with Gasteiger partial charge >= 0.3 is 0 Å². The lowest BCUT2D eigenvalue weighted by Gasteiger charge is -2.33. The number of Topliss-reactive ketones (excluding diaryl/α,β-unsaturated/α-hetero) is 1. The van der Waals surface area contributed by atoms with Crippen LogP contribution >= 0.6 is 34.5 Å². The summed E-state index contributed by atoms with van der Waals surface area (Å²) in [5.74, 6) is -0.756. The van der Waals surface area contributed by atoms with Gasteiger partial charge in [-0.2, -0.15) is 0 Å². The van der Waals surface area contributed by atoms with Crippen LogP contribution < -0.4 is 10.6 Å². The third-order valence-corrected chi connectivity index (χ3v) is 6.30. The normalized spacial score (nSPS) is 19.4. The van der Waals surface area contributed by atoms with Gasteiger partial charge in [-0.25, -0.2) is 4.98 Å². The van der Waals surface area contributed by atoms with Gasteiger partial charge in [-0.15, -0.1) is 11.3 Å². The zero-order chi connectivity index (χ0) is 19.8. The Morgan fingerprint density at radius 3 is 2.89 bits per heavy atom. The van der Waals surface area contributed by atoms with Crippen molar-refractivity contribution in [3.05, 3.63) is 67.4 Å². The van der Waals surface area contributed by atoms with Crippen LogP contribution in [0.25, 0.3) is 0 Å². The van der Waals surface area contributed by atoms with E-state index in [1.54, 1.807) is 24.4 Å². The molecule has 0 saturated carbocycles. The number of ketones is 1. The maximum absolute atomic E-state index is 13.3. The average molecular weight is 434 g/mol. The van der Waals surface area contributed by atoms with E-state index < -0.39 is 5.92 Å². The van der Waals surface area contributed by atoms with Gasteiger partial charge in [0, 0.05) is 40.0 Å². The van der Waals surface area contributed by atoms with Crippen LogP contribution in [0, 0.1) is 0 Å². The third-order valence-electron chi connectivity index (χ3n) is 4.90. The van der Waals surface area contributed by atoms with Gasteiger partial charge < -0.3 is 10.6 Å². The maximum atomic E-state index is 13.3. The quantitative estimate of drug-likeness (QED) is 0.709. The number of anilines is 1. The first-order chi connectivity index (χ1) is 13.5. The number of hydrogen-bond donors (Lipinski definition) is 2. The zero-order valence-corrected chi connectivity index (χ0v) is 17.3. The van der Waals surface area contributed by atoms with Crippen molar-refractivity contribution in [3.8, 4) is 0 Å².